The number of hydrogen-bond acceptors (Lipinski definition) is 7. The molecule has 4 rings (SSSR count). The van der Waals surface area contributed by atoms with Crippen molar-refractivity contribution >= 4 is 23.5 Å². The van der Waals surface area contributed by atoms with E-state index < -0.39 is 35.7 Å². The highest BCUT2D eigenvalue weighted by atomic mass is 16.6. The average molecular weight is 489 g/mol. The molecule has 35 heavy (non-hydrogen) atoms. The van der Waals surface area contributed by atoms with E-state index in [0.717, 1.165) is 31.3 Å². The van der Waals surface area contributed by atoms with Crippen LogP contribution in [0.15, 0.2) is 11.6 Å². The second-order valence-electron chi connectivity index (χ2n) is 11.7. The first-order valence-corrected chi connectivity index (χ1v) is 13.3. The van der Waals surface area contributed by atoms with E-state index in [1.54, 1.807) is 6.08 Å². The number of ketones is 2. The Bertz CT molecular complexity index is 938. The number of rotatable bonds is 7. The molecule has 4 aliphatic rings. The summed E-state index contributed by atoms with van der Waals surface area (Å²) in [7, 11) is 0. The minimum Gasteiger partial charge on any atom is -0.458 e. The molecule has 0 spiro atoms. The van der Waals surface area contributed by atoms with E-state index in [4.69, 9.17) is 9.47 Å². The first-order chi connectivity index (χ1) is 16.5. The van der Waals surface area contributed by atoms with Crippen molar-refractivity contribution in [2.45, 2.75) is 104 Å². The Labute approximate surface area is 208 Å². The quantitative estimate of drug-likeness (QED) is 0.538. The fourth-order valence-corrected chi connectivity index (χ4v) is 8.21. The van der Waals surface area contributed by atoms with Gasteiger partial charge >= 0.3 is 11.9 Å². The first kappa shape index (κ1) is 26.1. The Morgan fingerprint density at radius 3 is 2.57 bits per heavy atom. The number of unbranched alkanes of at least 4 members (excludes halogenated alkanes) is 1. The maximum Gasteiger partial charge on any atom is 0.306 e. The Balaban J connectivity index is 1.70. The predicted octanol–water partition coefficient (Wildman–Crippen LogP) is 4.09. The van der Waals surface area contributed by atoms with E-state index >= 15 is 0 Å². The molecule has 0 radical (unpaired) electrons. The van der Waals surface area contributed by atoms with E-state index in [0.29, 0.717) is 32.1 Å². The zero-order chi connectivity index (χ0) is 25.6. The molecule has 7 atom stereocenters. The lowest BCUT2D eigenvalue weighted by Crippen LogP contribution is -2.63. The van der Waals surface area contributed by atoms with Crippen LogP contribution in [0.3, 0.4) is 0 Å². The number of aliphatic hydroxyl groups is 1. The van der Waals surface area contributed by atoms with Crippen molar-refractivity contribution in [1.29, 1.82) is 0 Å². The molecule has 0 unspecified atom stereocenters. The molecular formula is C28H40O7. The molecule has 0 aliphatic heterocycles. The minimum absolute atomic E-state index is 0.00356. The summed E-state index contributed by atoms with van der Waals surface area (Å²) in [5, 5.41) is 11.6. The molecular weight excluding hydrogens is 448 g/mol. The molecule has 0 bridgehead atoms. The average Bonchev–Trinajstić information content (AvgIpc) is 3.08. The molecule has 7 heteroatoms. The predicted molar refractivity (Wildman–Crippen MR) is 128 cm³/mol. The third-order valence-electron chi connectivity index (χ3n) is 9.90. The lowest BCUT2D eigenvalue weighted by atomic mass is 9.45. The maximum atomic E-state index is 13.7. The van der Waals surface area contributed by atoms with Crippen molar-refractivity contribution < 1.29 is 33.8 Å². The summed E-state index contributed by atoms with van der Waals surface area (Å²) in [6.45, 7) is 6.98. The standard InChI is InChI=1S/C28H40O7/c1-5-6-7-24(33)35-28(23(32)16-34-17(2)29)13-11-21-20-9-8-18-14-19(30)10-12-26(18,3)25(20)22(31)15-27(21,28)4/h14,20-22,25,31H,5-13,15-16H2,1-4H3/t20-,21-,22-,25+,26-,27-,28-/m0/s1. The SMILES string of the molecule is CCCCC(=O)O[C@]1(C(=O)COC(C)=O)CC[C@H]2[C@@H]3CCC4=CC(=O)CC[C@]4(C)[C@H]3[C@@H](O)C[C@@]21C. The van der Waals surface area contributed by atoms with Gasteiger partial charge in [-0.3, -0.25) is 19.2 Å². The largest absolute Gasteiger partial charge is 0.458 e. The molecule has 0 aromatic rings. The monoisotopic (exact) mass is 488 g/mol. The summed E-state index contributed by atoms with van der Waals surface area (Å²) in [5.41, 5.74) is -1.25. The van der Waals surface area contributed by atoms with Crippen molar-refractivity contribution in [2.24, 2.45) is 28.6 Å². The number of allylic oxidation sites excluding steroid dienone is 1. The second kappa shape index (κ2) is 9.45. The van der Waals surface area contributed by atoms with Crippen LogP contribution in [-0.2, 0) is 28.7 Å². The van der Waals surface area contributed by atoms with Gasteiger partial charge in [0.1, 0.15) is 0 Å². The molecule has 3 saturated carbocycles. The molecule has 4 aliphatic carbocycles. The number of aliphatic hydroxyl groups excluding tert-OH is 1. The lowest BCUT2D eigenvalue weighted by Gasteiger charge is -2.60. The molecule has 3 fully saturated rings. The smallest absolute Gasteiger partial charge is 0.306 e. The Hall–Kier alpha value is -2.02. The van der Waals surface area contributed by atoms with E-state index in [1.807, 2.05) is 13.8 Å². The Kier molecular flexibility index (Phi) is 7.04. The van der Waals surface area contributed by atoms with Crippen LogP contribution in [0.1, 0.15) is 91.9 Å². The molecule has 1 N–H and O–H groups in total. The van der Waals surface area contributed by atoms with Crippen molar-refractivity contribution in [2.75, 3.05) is 6.61 Å². The highest BCUT2D eigenvalue weighted by molar-refractivity contribution is 5.93. The molecule has 0 heterocycles. The van der Waals surface area contributed by atoms with Gasteiger partial charge < -0.3 is 14.6 Å². The minimum atomic E-state index is -1.41. The van der Waals surface area contributed by atoms with Gasteiger partial charge in [0, 0.05) is 25.2 Å². The van der Waals surface area contributed by atoms with Crippen LogP contribution in [0.2, 0.25) is 0 Å². The number of carbonyl (C=O) groups excluding carboxylic acids is 4. The van der Waals surface area contributed by atoms with Gasteiger partial charge in [0.2, 0.25) is 5.78 Å². The van der Waals surface area contributed by atoms with Gasteiger partial charge in [-0.2, -0.15) is 0 Å². The van der Waals surface area contributed by atoms with Crippen LogP contribution in [0.5, 0.6) is 0 Å². The first-order valence-electron chi connectivity index (χ1n) is 13.3. The van der Waals surface area contributed by atoms with E-state index in [1.165, 1.54) is 6.92 Å². The van der Waals surface area contributed by atoms with Crippen molar-refractivity contribution in [3.05, 3.63) is 11.6 Å². The number of fused-ring (bicyclic) bond motifs is 5. The van der Waals surface area contributed by atoms with Crippen molar-refractivity contribution in [3.8, 4) is 0 Å². The number of esters is 2. The number of carbonyl (C=O) groups is 4. The van der Waals surface area contributed by atoms with E-state index in [2.05, 4.69) is 6.92 Å². The summed E-state index contributed by atoms with van der Waals surface area (Å²) in [5.74, 6) is -0.929. The Morgan fingerprint density at radius 1 is 1.14 bits per heavy atom. The van der Waals surface area contributed by atoms with Crippen LogP contribution in [0.25, 0.3) is 0 Å². The fraction of sp³-hybridized carbons (Fsp3) is 0.786. The Morgan fingerprint density at radius 2 is 1.89 bits per heavy atom. The van der Waals surface area contributed by atoms with Crippen LogP contribution in [0.4, 0.5) is 0 Å². The van der Waals surface area contributed by atoms with Gasteiger partial charge in [0.25, 0.3) is 0 Å². The summed E-state index contributed by atoms with van der Waals surface area (Å²) in [6, 6.07) is 0. The van der Waals surface area contributed by atoms with Crippen LogP contribution >= 0.6 is 0 Å². The fourth-order valence-electron chi connectivity index (χ4n) is 8.21. The lowest BCUT2D eigenvalue weighted by molar-refractivity contribution is -0.203. The normalized spacial score (nSPS) is 40.1. The highest BCUT2D eigenvalue weighted by Gasteiger charge is 2.70. The van der Waals surface area contributed by atoms with Gasteiger partial charge in [0.05, 0.1) is 6.10 Å². The summed E-state index contributed by atoms with van der Waals surface area (Å²) in [4.78, 5) is 50.1. The van der Waals surface area contributed by atoms with Gasteiger partial charge in [-0.25, -0.2) is 0 Å². The highest BCUT2D eigenvalue weighted by Crippen LogP contribution is 2.68. The number of ether oxygens (including phenoxy) is 2. The zero-order valence-electron chi connectivity index (χ0n) is 21.6. The van der Waals surface area contributed by atoms with E-state index in [-0.39, 0.29) is 41.2 Å². The molecule has 0 aromatic carbocycles. The van der Waals surface area contributed by atoms with Crippen LogP contribution < -0.4 is 0 Å². The van der Waals surface area contributed by atoms with Crippen molar-refractivity contribution in [3.63, 3.8) is 0 Å². The molecule has 194 valence electrons. The van der Waals surface area contributed by atoms with Gasteiger partial charge in [-0.05, 0) is 74.2 Å². The zero-order valence-corrected chi connectivity index (χ0v) is 21.6. The van der Waals surface area contributed by atoms with Crippen LogP contribution in [-0.4, -0.2) is 46.9 Å². The topological polar surface area (TPSA) is 107 Å². The van der Waals surface area contributed by atoms with Gasteiger partial charge in [0.15, 0.2) is 18.0 Å². The summed E-state index contributed by atoms with van der Waals surface area (Å²) in [6.07, 6.45) is 7.17. The molecule has 0 amide bonds. The second-order valence-corrected chi connectivity index (χ2v) is 11.7. The van der Waals surface area contributed by atoms with Gasteiger partial charge in [-0.1, -0.05) is 32.8 Å². The summed E-state index contributed by atoms with van der Waals surface area (Å²) >= 11 is 0. The molecule has 0 aromatic heterocycles. The number of hydrogen-bond donors (Lipinski definition) is 1. The van der Waals surface area contributed by atoms with E-state index in [9.17, 15) is 24.3 Å². The molecule has 7 nitrogen and oxygen atoms in total. The third-order valence-corrected chi connectivity index (χ3v) is 9.90. The summed E-state index contributed by atoms with van der Waals surface area (Å²) < 4.78 is 11.2. The maximum absolute atomic E-state index is 13.7. The van der Waals surface area contributed by atoms with Crippen LogP contribution in [0, 0.1) is 28.6 Å². The van der Waals surface area contributed by atoms with Crippen molar-refractivity contribution in [1.82, 2.24) is 0 Å². The number of Topliss-reactive ketones (excluding diaryl/α,β-unsaturated/α-hetero) is 1. The molecule has 0 saturated heterocycles. The third kappa shape index (κ3) is 4.17. The van der Waals surface area contributed by atoms with Gasteiger partial charge in [-0.15, -0.1) is 0 Å².